The van der Waals surface area contributed by atoms with Crippen molar-refractivity contribution in [1.29, 1.82) is 0 Å². The molecule has 0 aliphatic heterocycles. The van der Waals surface area contributed by atoms with E-state index in [0.717, 1.165) is 23.6 Å². The van der Waals surface area contributed by atoms with Crippen molar-refractivity contribution in [3.63, 3.8) is 0 Å². The molecule has 0 spiro atoms. The van der Waals surface area contributed by atoms with E-state index in [1.807, 2.05) is 37.3 Å². The second kappa shape index (κ2) is 10.2. The number of nitro benzene ring substituents is 1. The van der Waals surface area contributed by atoms with Crippen molar-refractivity contribution in [3.05, 3.63) is 93.7 Å². The van der Waals surface area contributed by atoms with Crippen LogP contribution < -0.4 is 10.6 Å². The van der Waals surface area contributed by atoms with E-state index < -0.39 is 16.7 Å². The van der Waals surface area contributed by atoms with Gasteiger partial charge in [0.1, 0.15) is 5.70 Å². The van der Waals surface area contributed by atoms with E-state index >= 15 is 0 Å². The second-order valence-electron chi connectivity index (χ2n) is 7.00. The van der Waals surface area contributed by atoms with Crippen molar-refractivity contribution in [3.8, 4) is 0 Å². The lowest BCUT2D eigenvalue weighted by molar-refractivity contribution is -0.384. The number of rotatable bonds is 8. The van der Waals surface area contributed by atoms with Crippen LogP contribution in [0.5, 0.6) is 0 Å². The van der Waals surface area contributed by atoms with Gasteiger partial charge in [-0.3, -0.25) is 19.7 Å². The van der Waals surface area contributed by atoms with Crippen molar-refractivity contribution >= 4 is 34.4 Å². The molecule has 2 amide bonds. The standard InChI is InChI=1S/C24H23N3O4/c1-2-3-14-25-24(29)22(16-17-8-6-11-19(15-17)27(30)31)26-23(28)21-13-7-10-18-9-4-5-12-20(18)21/h4-13,15-16H,2-3,14H2,1H3,(H,25,29)(H,26,28)/b22-16-. The molecule has 0 radical (unpaired) electrons. The molecular formula is C24H23N3O4. The average Bonchev–Trinajstić information content (AvgIpc) is 2.78. The van der Waals surface area contributed by atoms with Gasteiger partial charge in [-0.2, -0.15) is 0 Å². The van der Waals surface area contributed by atoms with Gasteiger partial charge in [-0.1, -0.05) is 61.9 Å². The highest BCUT2D eigenvalue weighted by Gasteiger charge is 2.16. The second-order valence-corrected chi connectivity index (χ2v) is 7.00. The van der Waals surface area contributed by atoms with Gasteiger partial charge in [0.05, 0.1) is 4.92 Å². The molecule has 31 heavy (non-hydrogen) atoms. The van der Waals surface area contributed by atoms with Crippen LogP contribution >= 0.6 is 0 Å². The maximum Gasteiger partial charge on any atom is 0.270 e. The number of carbonyl (C=O) groups is 2. The Balaban J connectivity index is 1.94. The Kier molecular flexibility index (Phi) is 7.11. The molecule has 0 aliphatic rings. The number of non-ortho nitro benzene ring substituents is 1. The summed E-state index contributed by atoms with van der Waals surface area (Å²) in [7, 11) is 0. The first-order valence-electron chi connectivity index (χ1n) is 10.0. The van der Waals surface area contributed by atoms with Gasteiger partial charge in [-0.15, -0.1) is 0 Å². The lowest BCUT2D eigenvalue weighted by atomic mass is 10.0. The predicted octanol–water partition coefficient (Wildman–Crippen LogP) is 4.44. The van der Waals surface area contributed by atoms with Gasteiger partial charge in [0, 0.05) is 24.2 Å². The maximum absolute atomic E-state index is 13.0. The first-order valence-corrected chi connectivity index (χ1v) is 10.0. The molecule has 2 N–H and O–H groups in total. The minimum absolute atomic E-state index is 0.0227. The minimum Gasteiger partial charge on any atom is -0.351 e. The van der Waals surface area contributed by atoms with Crippen molar-refractivity contribution in [1.82, 2.24) is 10.6 Å². The fraction of sp³-hybridized carbons (Fsp3) is 0.167. The zero-order chi connectivity index (χ0) is 22.2. The Morgan fingerprint density at radius 3 is 2.55 bits per heavy atom. The van der Waals surface area contributed by atoms with Gasteiger partial charge in [-0.25, -0.2) is 0 Å². The van der Waals surface area contributed by atoms with E-state index in [9.17, 15) is 19.7 Å². The summed E-state index contributed by atoms with van der Waals surface area (Å²) in [5.41, 5.74) is 0.798. The van der Waals surface area contributed by atoms with E-state index in [4.69, 9.17) is 0 Å². The van der Waals surface area contributed by atoms with Crippen LogP contribution in [0, 0.1) is 10.1 Å². The zero-order valence-electron chi connectivity index (χ0n) is 17.1. The molecule has 0 aromatic heterocycles. The molecule has 0 saturated heterocycles. The van der Waals surface area contributed by atoms with Crippen LogP contribution in [0.15, 0.2) is 72.4 Å². The van der Waals surface area contributed by atoms with Gasteiger partial charge in [0.15, 0.2) is 0 Å². The summed E-state index contributed by atoms with van der Waals surface area (Å²) in [6.07, 6.45) is 3.15. The summed E-state index contributed by atoms with van der Waals surface area (Å²) >= 11 is 0. The normalized spacial score (nSPS) is 11.2. The number of unbranched alkanes of at least 4 members (excludes halogenated alkanes) is 1. The highest BCUT2D eigenvalue weighted by atomic mass is 16.6. The monoisotopic (exact) mass is 417 g/mol. The van der Waals surface area contributed by atoms with Crippen LogP contribution in [-0.4, -0.2) is 23.3 Å². The highest BCUT2D eigenvalue weighted by molar-refractivity contribution is 6.11. The first-order chi connectivity index (χ1) is 15.0. The molecule has 3 aromatic carbocycles. The summed E-state index contributed by atoms with van der Waals surface area (Å²) in [6.45, 7) is 2.47. The van der Waals surface area contributed by atoms with Crippen LogP contribution in [0.4, 0.5) is 5.69 Å². The summed E-state index contributed by atoms with van der Waals surface area (Å²) in [4.78, 5) is 36.3. The molecule has 0 aliphatic carbocycles. The van der Waals surface area contributed by atoms with Crippen LogP contribution in [0.1, 0.15) is 35.7 Å². The quantitative estimate of drug-likeness (QED) is 0.245. The number of benzene rings is 3. The van der Waals surface area contributed by atoms with Crippen molar-refractivity contribution in [2.75, 3.05) is 6.54 Å². The van der Waals surface area contributed by atoms with E-state index in [1.54, 1.807) is 18.2 Å². The summed E-state index contributed by atoms with van der Waals surface area (Å²) < 4.78 is 0. The lowest BCUT2D eigenvalue weighted by Crippen LogP contribution is -2.35. The van der Waals surface area contributed by atoms with E-state index in [-0.39, 0.29) is 11.4 Å². The number of hydrogen-bond donors (Lipinski definition) is 2. The van der Waals surface area contributed by atoms with Crippen LogP contribution in [0.3, 0.4) is 0 Å². The molecule has 0 saturated carbocycles. The number of nitrogens with zero attached hydrogens (tertiary/aromatic N) is 1. The maximum atomic E-state index is 13.0. The SMILES string of the molecule is CCCCNC(=O)/C(=C/c1cccc([N+](=O)[O-])c1)NC(=O)c1cccc2ccccc12. The van der Waals surface area contributed by atoms with Crippen LogP contribution in [0.2, 0.25) is 0 Å². The third kappa shape index (κ3) is 5.54. The lowest BCUT2D eigenvalue weighted by Gasteiger charge is -2.12. The van der Waals surface area contributed by atoms with Gasteiger partial charge in [0.25, 0.3) is 17.5 Å². The molecule has 0 fully saturated rings. The minimum atomic E-state index is -0.507. The molecule has 3 rings (SSSR count). The molecule has 158 valence electrons. The number of amides is 2. The number of nitro groups is 1. The Morgan fingerprint density at radius 2 is 1.77 bits per heavy atom. The third-order valence-corrected chi connectivity index (χ3v) is 4.74. The Bertz CT molecular complexity index is 1150. The molecule has 0 unspecified atom stereocenters. The zero-order valence-corrected chi connectivity index (χ0v) is 17.1. The fourth-order valence-corrected chi connectivity index (χ4v) is 3.14. The molecule has 0 heterocycles. The smallest absolute Gasteiger partial charge is 0.270 e. The molecule has 7 nitrogen and oxygen atoms in total. The molecule has 3 aromatic rings. The molecule has 0 atom stereocenters. The largest absolute Gasteiger partial charge is 0.351 e. The Labute approximate surface area is 179 Å². The summed E-state index contributed by atoms with van der Waals surface area (Å²) in [6, 6.07) is 18.7. The molecular weight excluding hydrogens is 394 g/mol. The van der Waals surface area contributed by atoms with Crippen molar-refractivity contribution in [2.24, 2.45) is 0 Å². The van der Waals surface area contributed by atoms with Gasteiger partial charge in [0.2, 0.25) is 0 Å². The van der Waals surface area contributed by atoms with Crippen LogP contribution in [0.25, 0.3) is 16.8 Å². The van der Waals surface area contributed by atoms with E-state index in [0.29, 0.717) is 17.7 Å². The number of hydrogen-bond acceptors (Lipinski definition) is 4. The van der Waals surface area contributed by atoms with Crippen molar-refractivity contribution in [2.45, 2.75) is 19.8 Å². The summed E-state index contributed by atoms with van der Waals surface area (Å²) in [5.74, 6) is -0.882. The number of fused-ring (bicyclic) bond motifs is 1. The first kappa shape index (κ1) is 21.7. The van der Waals surface area contributed by atoms with Gasteiger partial charge in [-0.05, 0) is 34.9 Å². The van der Waals surface area contributed by atoms with E-state index in [2.05, 4.69) is 10.6 Å². The topological polar surface area (TPSA) is 101 Å². The number of nitrogens with one attached hydrogen (secondary N) is 2. The third-order valence-electron chi connectivity index (χ3n) is 4.74. The summed E-state index contributed by atoms with van der Waals surface area (Å²) in [5, 5.41) is 18.2. The molecule has 7 heteroatoms. The highest BCUT2D eigenvalue weighted by Crippen LogP contribution is 2.19. The van der Waals surface area contributed by atoms with E-state index in [1.165, 1.54) is 24.3 Å². The average molecular weight is 417 g/mol. The van der Waals surface area contributed by atoms with Gasteiger partial charge >= 0.3 is 0 Å². The Hall–Kier alpha value is -4.00. The Morgan fingerprint density at radius 1 is 1.03 bits per heavy atom. The predicted molar refractivity (Wildman–Crippen MR) is 120 cm³/mol. The van der Waals surface area contributed by atoms with Crippen molar-refractivity contribution < 1.29 is 14.5 Å². The fourth-order valence-electron chi connectivity index (χ4n) is 3.14. The van der Waals surface area contributed by atoms with Gasteiger partial charge < -0.3 is 10.6 Å². The number of carbonyl (C=O) groups excluding carboxylic acids is 2. The molecule has 0 bridgehead atoms. The van der Waals surface area contributed by atoms with Crippen LogP contribution in [-0.2, 0) is 4.79 Å².